The van der Waals surface area contributed by atoms with Gasteiger partial charge in [-0.2, -0.15) is 0 Å². The summed E-state index contributed by atoms with van der Waals surface area (Å²) in [7, 11) is 0. The van der Waals surface area contributed by atoms with Gasteiger partial charge in [0, 0.05) is 29.2 Å². The lowest BCUT2D eigenvalue weighted by Crippen LogP contribution is -2.49. The Morgan fingerprint density at radius 2 is 1.32 bits per heavy atom. The van der Waals surface area contributed by atoms with Crippen molar-refractivity contribution in [3.63, 3.8) is 0 Å². The molecule has 1 unspecified atom stereocenters. The van der Waals surface area contributed by atoms with E-state index < -0.39 is 6.41 Å². The highest BCUT2D eigenvalue weighted by Gasteiger charge is 2.41. The predicted molar refractivity (Wildman–Crippen MR) is 143 cm³/mol. The molecular weight excluding hydrogens is 479 g/mol. The highest BCUT2D eigenvalue weighted by molar-refractivity contribution is 5.76. The Morgan fingerprint density at radius 3 is 2.03 bits per heavy atom. The minimum absolute atomic E-state index is 0.368. The number of rotatable bonds is 5. The Morgan fingerprint density at radius 1 is 0.684 bits per heavy atom. The van der Waals surface area contributed by atoms with Gasteiger partial charge in [0.05, 0.1) is 0 Å². The maximum atomic E-state index is 14.0. The summed E-state index contributed by atoms with van der Waals surface area (Å²) >= 11 is 0. The Balaban J connectivity index is 1.25. The molecule has 6 heteroatoms. The number of benzene rings is 5. The average molecular weight is 502 g/mol. The summed E-state index contributed by atoms with van der Waals surface area (Å²) < 4.78 is 34.4. The van der Waals surface area contributed by atoms with E-state index in [1.807, 2.05) is 89.5 Å². The molecule has 38 heavy (non-hydrogen) atoms. The molecule has 7 rings (SSSR count). The van der Waals surface area contributed by atoms with E-state index in [2.05, 4.69) is 29.2 Å². The normalized spacial score (nSPS) is 13.9. The van der Waals surface area contributed by atoms with E-state index in [-0.39, 0.29) is 5.82 Å². The molecule has 5 nitrogen and oxygen atoms in total. The molecule has 1 atom stereocenters. The van der Waals surface area contributed by atoms with Crippen LogP contribution in [0.1, 0.15) is 6.41 Å². The van der Waals surface area contributed by atoms with Crippen LogP contribution in [0.25, 0.3) is 22.6 Å². The van der Waals surface area contributed by atoms with Gasteiger partial charge in [-0.05, 0) is 66.7 Å². The standard InChI is InChI=1S/C32H22FN2O3/c33-22-15-20-28-30(21-22)37-31-27-13-7-8-14-29(27)38-32(35(28)31)36-26-18-16-25(17-19-26)34(23-9-3-1-4-10-23)24-11-5-2-6-12-24/h1-21,32H/q+1. The molecular formula is C32H22FN2O3+. The lowest BCUT2D eigenvalue weighted by molar-refractivity contribution is -0.762. The molecule has 0 spiro atoms. The highest BCUT2D eigenvalue weighted by Crippen LogP contribution is 2.39. The molecule has 0 saturated carbocycles. The van der Waals surface area contributed by atoms with Crippen molar-refractivity contribution in [3.8, 4) is 23.0 Å². The molecule has 1 aliphatic rings. The second-order valence-electron chi connectivity index (χ2n) is 8.93. The largest absolute Gasteiger partial charge is 0.471 e. The van der Waals surface area contributed by atoms with Crippen molar-refractivity contribution in [1.82, 2.24) is 0 Å². The van der Waals surface area contributed by atoms with E-state index in [0.29, 0.717) is 28.5 Å². The number of aromatic nitrogens is 1. The quantitative estimate of drug-likeness (QED) is 0.225. The Bertz CT molecular complexity index is 1700. The lowest BCUT2D eigenvalue weighted by atomic mass is 10.2. The van der Waals surface area contributed by atoms with Crippen LogP contribution in [-0.2, 0) is 0 Å². The summed E-state index contributed by atoms with van der Waals surface area (Å²) in [6.07, 6.45) is -0.836. The number of halogens is 1. The monoisotopic (exact) mass is 501 g/mol. The van der Waals surface area contributed by atoms with Gasteiger partial charge in [0.15, 0.2) is 0 Å². The van der Waals surface area contributed by atoms with Crippen molar-refractivity contribution in [1.29, 1.82) is 0 Å². The van der Waals surface area contributed by atoms with Gasteiger partial charge in [-0.1, -0.05) is 53.1 Å². The van der Waals surface area contributed by atoms with Gasteiger partial charge in [0.2, 0.25) is 5.58 Å². The van der Waals surface area contributed by atoms with Crippen LogP contribution in [0.2, 0.25) is 0 Å². The Labute approximate surface area is 218 Å². The average Bonchev–Trinajstić information content (AvgIpc) is 3.34. The maximum absolute atomic E-state index is 14.0. The van der Waals surface area contributed by atoms with Crippen molar-refractivity contribution in [3.05, 3.63) is 133 Å². The topological polar surface area (TPSA) is 38.7 Å². The van der Waals surface area contributed by atoms with Crippen molar-refractivity contribution >= 4 is 28.2 Å². The van der Waals surface area contributed by atoms with Crippen LogP contribution < -0.4 is 18.9 Å². The molecule has 2 heterocycles. The fourth-order valence-electron chi connectivity index (χ4n) is 4.80. The van der Waals surface area contributed by atoms with Gasteiger partial charge < -0.3 is 18.8 Å². The molecule has 1 aliphatic heterocycles. The van der Waals surface area contributed by atoms with E-state index >= 15 is 0 Å². The number of para-hydroxylation sites is 3. The fraction of sp³-hybridized carbons (Fsp3) is 0.0312. The zero-order valence-electron chi connectivity index (χ0n) is 20.2. The second kappa shape index (κ2) is 9.09. The third-order valence-electron chi connectivity index (χ3n) is 6.52. The van der Waals surface area contributed by atoms with Crippen LogP contribution >= 0.6 is 0 Å². The summed E-state index contributed by atoms with van der Waals surface area (Å²) in [6, 6.07) is 40.3. The van der Waals surface area contributed by atoms with Gasteiger partial charge in [0.1, 0.15) is 22.9 Å². The van der Waals surface area contributed by atoms with Gasteiger partial charge in [-0.3, -0.25) is 0 Å². The molecule has 0 fully saturated rings. The number of ether oxygens (including phenoxy) is 2. The summed E-state index contributed by atoms with van der Waals surface area (Å²) in [4.78, 5) is 2.18. The lowest BCUT2D eigenvalue weighted by Gasteiger charge is -2.25. The second-order valence-corrected chi connectivity index (χ2v) is 8.93. The van der Waals surface area contributed by atoms with Crippen LogP contribution in [0.5, 0.6) is 11.5 Å². The van der Waals surface area contributed by atoms with Crippen molar-refractivity contribution in [2.45, 2.75) is 6.41 Å². The molecule has 5 aromatic carbocycles. The molecule has 0 N–H and O–H groups in total. The number of hydrogen-bond donors (Lipinski definition) is 0. The first kappa shape index (κ1) is 22.1. The molecule has 6 aromatic rings. The Kier molecular flexibility index (Phi) is 5.29. The molecule has 0 bridgehead atoms. The van der Waals surface area contributed by atoms with Crippen LogP contribution in [-0.4, -0.2) is 0 Å². The molecule has 1 aromatic heterocycles. The summed E-state index contributed by atoms with van der Waals surface area (Å²) in [5.41, 5.74) is 4.97. The molecule has 184 valence electrons. The molecule has 0 radical (unpaired) electrons. The van der Waals surface area contributed by atoms with Crippen LogP contribution in [0.15, 0.2) is 132 Å². The zero-order chi connectivity index (χ0) is 25.5. The van der Waals surface area contributed by atoms with Gasteiger partial charge >= 0.3 is 12.3 Å². The highest BCUT2D eigenvalue weighted by atomic mass is 19.1. The van der Waals surface area contributed by atoms with Crippen molar-refractivity contribution < 1.29 is 22.8 Å². The minimum atomic E-state index is -0.836. The SMILES string of the molecule is Fc1ccc2c(c1)oc1[n+]2C(Oc2ccc(N(c3ccccc3)c3ccccc3)cc2)Oc2ccccc2-1. The van der Waals surface area contributed by atoms with Gasteiger partial charge in [0.25, 0.3) is 5.52 Å². The first-order valence-corrected chi connectivity index (χ1v) is 12.3. The number of nitrogens with zero attached hydrogens (tertiary/aromatic N) is 2. The number of oxazole rings is 1. The van der Waals surface area contributed by atoms with Crippen molar-refractivity contribution in [2.75, 3.05) is 4.90 Å². The van der Waals surface area contributed by atoms with Gasteiger partial charge in [-0.15, -0.1) is 0 Å². The fourth-order valence-corrected chi connectivity index (χ4v) is 4.80. The first-order chi connectivity index (χ1) is 18.7. The van der Waals surface area contributed by atoms with E-state index in [1.165, 1.54) is 12.1 Å². The van der Waals surface area contributed by atoms with Crippen LogP contribution in [0, 0.1) is 5.82 Å². The summed E-state index contributed by atoms with van der Waals surface area (Å²) in [6.45, 7) is 0. The summed E-state index contributed by atoms with van der Waals surface area (Å²) in [5, 5.41) is 0. The smallest absolute Gasteiger partial charge is 0.401 e. The third kappa shape index (κ3) is 3.83. The third-order valence-corrected chi connectivity index (χ3v) is 6.52. The van der Waals surface area contributed by atoms with E-state index in [0.717, 1.165) is 22.6 Å². The maximum Gasteiger partial charge on any atom is 0.471 e. The van der Waals surface area contributed by atoms with E-state index in [4.69, 9.17) is 13.9 Å². The number of fused-ring (bicyclic) bond motifs is 5. The summed E-state index contributed by atoms with van der Waals surface area (Å²) in [5.74, 6) is 1.43. The van der Waals surface area contributed by atoms with Crippen LogP contribution in [0.3, 0.4) is 0 Å². The Hall–Kier alpha value is -5.10. The van der Waals surface area contributed by atoms with Crippen molar-refractivity contribution in [2.24, 2.45) is 0 Å². The van der Waals surface area contributed by atoms with E-state index in [9.17, 15) is 4.39 Å². The number of anilines is 3. The molecule has 0 aliphatic carbocycles. The number of hydrogen-bond acceptors (Lipinski definition) is 4. The van der Waals surface area contributed by atoms with Gasteiger partial charge in [-0.25, -0.2) is 4.39 Å². The molecule has 0 amide bonds. The van der Waals surface area contributed by atoms with Crippen LogP contribution in [0.4, 0.5) is 21.5 Å². The first-order valence-electron chi connectivity index (χ1n) is 12.3. The predicted octanol–water partition coefficient (Wildman–Crippen LogP) is 7.92. The van der Waals surface area contributed by atoms with E-state index in [1.54, 1.807) is 6.07 Å². The minimum Gasteiger partial charge on any atom is -0.401 e. The zero-order valence-corrected chi connectivity index (χ0v) is 20.2. The molecule has 0 saturated heterocycles.